The maximum Gasteiger partial charge on any atom is 0.413 e. The van der Waals surface area contributed by atoms with Crippen molar-refractivity contribution in [2.75, 3.05) is 11.5 Å². The zero-order valence-electron chi connectivity index (χ0n) is 20.7. The number of amides is 1. The van der Waals surface area contributed by atoms with Gasteiger partial charge in [-0.1, -0.05) is 17.4 Å². The van der Waals surface area contributed by atoms with Crippen molar-refractivity contribution in [1.29, 1.82) is 0 Å². The van der Waals surface area contributed by atoms with Crippen molar-refractivity contribution in [2.24, 2.45) is 5.92 Å². The van der Waals surface area contributed by atoms with Gasteiger partial charge in [-0.3, -0.25) is 9.88 Å². The molecule has 0 radical (unpaired) electrons. The number of nitrogens with zero attached hydrogens (tertiary/aromatic N) is 6. The molecule has 35 heavy (non-hydrogen) atoms. The van der Waals surface area contributed by atoms with Crippen LogP contribution in [0.2, 0.25) is 0 Å². The fourth-order valence-electron chi connectivity index (χ4n) is 3.88. The Balaban J connectivity index is 1.50. The molecule has 0 aliphatic heterocycles. The number of anilines is 1. The minimum atomic E-state index is -1.15. The monoisotopic (exact) mass is 498 g/mol. The fourth-order valence-corrected chi connectivity index (χ4v) is 4.57. The number of hydrogen-bond acceptors (Lipinski definition) is 9. The number of hydrogen-bond donors (Lipinski definition) is 1. The van der Waals surface area contributed by atoms with Crippen LogP contribution in [0.3, 0.4) is 0 Å². The number of carboxylic acid groups (broad SMARTS) is 1. The first-order valence-corrected chi connectivity index (χ1v) is 12.2. The second-order valence-corrected chi connectivity index (χ2v) is 10.9. The van der Waals surface area contributed by atoms with Gasteiger partial charge in [0.15, 0.2) is 0 Å². The van der Waals surface area contributed by atoms with Crippen molar-refractivity contribution >= 4 is 23.2 Å². The molecule has 0 saturated heterocycles. The quantitative estimate of drug-likeness (QED) is 0.484. The van der Waals surface area contributed by atoms with Gasteiger partial charge in [0.05, 0.1) is 24.9 Å². The number of aromatic nitrogens is 5. The van der Waals surface area contributed by atoms with E-state index in [4.69, 9.17) is 9.47 Å². The van der Waals surface area contributed by atoms with E-state index in [9.17, 15) is 9.90 Å². The molecule has 1 aliphatic carbocycles. The van der Waals surface area contributed by atoms with Crippen molar-refractivity contribution in [1.82, 2.24) is 25.1 Å². The second-order valence-electron chi connectivity index (χ2n) is 9.65. The van der Waals surface area contributed by atoms with Crippen molar-refractivity contribution in [3.8, 4) is 5.88 Å². The Morgan fingerprint density at radius 2 is 1.94 bits per heavy atom. The van der Waals surface area contributed by atoms with E-state index in [1.807, 2.05) is 52.9 Å². The topological polar surface area (TPSA) is 123 Å². The Morgan fingerprint density at radius 3 is 2.54 bits per heavy atom. The minimum Gasteiger partial charge on any atom is -0.477 e. The molecule has 0 aromatic carbocycles. The summed E-state index contributed by atoms with van der Waals surface area (Å²) in [5.74, 6) is 1.16. The maximum absolute atomic E-state index is 12.0. The highest BCUT2D eigenvalue weighted by atomic mass is 32.1. The number of carbonyl (C=O) groups is 1. The van der Waals surface area contributed by atoms with Gasteiger partial charge in [-0.05, 0) is 53.2 Å². The average Bonchev–Trinajstić information content (AvgIpc) is 3.25. The Bertz CT molecular complexity index is 1190. The normalized spacial score (nSPS) is 19.4. The van der Waals surface area contributed by atoms with E-state index >= 15 is 0 Å². The molecular weight excluding hydrogens is 468 g/mol. The lowest BCUT2D eigenvalue weighted by Crippen LogP contribution is -2.29. The molecule has 3 aromatic rings. The summed E-state index contributed by atoms with van der Waals surface area (Å²) in [6, 6.07) is 5.62. The first-order valence-electron chi connectivity index (χ1n) is 11.4. The highest BCUT2D eigenvalue weighted by molar-refractivity contribution is 7.11. The van der Waals surface area contributed by atoms with E-state index in [0.29, 0.717) is 23.3 Å². The maximum atomic E-state index is 12.0. The first-order chi connectivity index (χ1) is 16.5. The van der Waals surface area contributed by atoms with Gasteiger partial charge in [0.25, 0.3) is 0 Å². The van der Waals surface area contributed by atoms with Crippen LogP contribution >= 0.6 is 11.3 Å². The smallest absolute Gasteiger partial charge is 0.413 e. The number of pyridine rings is 1. The highest BCUT2D eigenvalue weighted by Gasteiger charge is 2.55. The van der Waals surface area contributed by atoms with Gasteiger partial charge in [0.1, 0.15) is 21.7 Å². The minimum absolute atomic E-state index is 0.0243. The molecule has 1 fully saturated rings. The Kier molecular flexibility index (Phi) is 7.00. The molecule has 3 unspecified atom stereocenters. The molecule has 1 saturated carbocycles. The summed E-state index contributed by atoms with van der Waals surface area (Å²) in [5, 5.41) is 19.1. The third kappa shape index (κ3) is 6.29. The van der Waals surface area contributed by atoms with Gasteiger partial charge in [-0.25, -0.2) is 9.78 Å². The molecule has 3 heterocycles. The van der Waals surface area contributed by atoms with Gasteiger partial charge in [0.2, 0.25) is 5.88 Å². The summed E-state index contributed by atoms with van der Waals surface area (Å²) >= 11 is 1.34. The fraction of sp³-hybridized carbons (Fsp3) is 0.500. The van der Waals surface area contributed by atoms with Crippen molar-refractivity contribution in [3.63, 3.8) is 0 Å². The molecular formula is C24H30N6O4S. The Labute approximate surface area is 208 Å². The molecule has 3 aromatic heterocycles. The van der Waals surface area contributed by atoms with Gasteiger partial charge in [-0.15, -0.1) is 10.2 Å². The summed E-state index contributed by atoms with van der Waals surface area (Å²) < 4.78 is 12.3. The number of rotatable bonds is 8. The van der Waals surface area contributed by atoms with Gasteiger partial charge in [-0.2, -0.15) is 4.98 Å². The number of ether oxygens (including phenoxy) is 2. The molecule has 1 N–H and O–H groups in total. The lowest BCUT2D eigenvalue weighted by molar-refractivity contribution is -0.0261. The third-order valence-electron chi connectivity index (χ3n) is 5.46. The molecule has 10 nitrogen and oxygen atoms in total. The molecule has 1 aliphatic rings. The summed E-state index contributed by atoms with van der Waals surface area (Å²) in [4.78, 5) is 26.3. The zero-order chi connectivity index (χ0) is 25.3. The van der Waals surface area contributed by atoms with Gasteiger partial charge in [0, 0.05) is 29.8 Å². The molecule has 1 amide bonds. The summed E-state index contributed by atoms with van der Waals surface area (Å²) in [6.07, 6.45) is 0.691. The van der Waals surface area contributed by atoms with E-state index in [2.05, 4.69) is 25.1 Å². The van der Waals surface area contributed by atoms with E-state index in [0.717, 1.165) is 21.2 Å². The van der Waals surface area contributed by atoms with E-state index < -0.39 is 6.09 Å². The molecule has 11 heteroatoms. The standard InChI is InChI=1S/C24H30N6O4S/c1-13-7-8-17(25-10-13)21-16(22(21)34-24(4,5)6)12-33-19-9-18(26-14(2)27-19)30(23(31)32)11-20-29-28-15(3)35-20/h7-10,16,21-22H,11-12H2,1-6H3,(H,31,32). The molecule has 0 bridgehead atoms. The highest BCUT2D eigenvalue weighted by Crippen LogP contribution is 2.51. The van der Waals surface area contributed by atoms with Crippen molar-refractivity contribution in [3.05, 3.63) is 51.5 Å². The molecule has 0 spiro atoms. The molecule has 3 atom stereocenters. The van der Waals surface area contributed by atoms with Crippen LogP contribution in [-0.4, -0.2) is 54.7 Å². The second kappa shape index (κ2) is 9.82. The summed E-state index contributed by atoms with van der Waals surface area (Å²) in [7, 11) is 0. The lowest BCUT2D eigenvalue weighted by Gasteiger charge is -2.20. The first kappa shape index (κ1) is 24.9. The van der Waals surface area contributed by atoms with Crippen LogP contribution in [0, 0.1) is 26.7 Å². The van der Waals surface area contributed by atoms with Crippen LogP contribution in [0.1, 0.15) is 53.8 Å². The number of aryl methyl sites for hydroxylation is 3. The third-order valence-corrected chi connectivity index (χ3v) is 6.28. The Morgan fingerprint density at radius 1 is 1.17 bits per heavy atom. The molecule has 186 valence electrons. The van der Waals surface area contributed by atoms with Crippen LogP contribution in [0.4, 0.5) is 10.6 Å². The predicted molar refractivity (Wildman–Crippen MR) is 131 cm³/mol. The molecule has 4 rings (SSSR count). The van der Waals surface area contributed by atoms with E-state index in [1.165, 1.54) is 17.4 Å². The summed E-state index contributed by atoms with van der Waals surface area (Å²) in [5.41, 5.74) is 1.78. The van der Waals surface area contributed by atoms with Gasteiger partial charge < -0.3 is 14.6 Å². The van der Waals surface area contributed by atoms with Crippen molar-refractivity contribution in [2.45, 2.75) is 65.7 Å². The van der Waals surface area contributed by atoms with Gasteiger partial charge >= 0.3 is 6.09 Å². The summed E-state index contributed by atoms with van der Waals surface area (Å²) in [6.45, 7) is 12.0. The SMILES string of the molecule is Cc1ccc(C2C(COc3cc(N(Cc4nnc(C)s4)C(=O)O)nc(C)n3)C2OC(C)(C)C)nc1. The van der Waals surface area contributed by atoms with Crippen LogP contribution < -0.4 is 9.64 Å². The van der Waals surface area contributed by atoms with E-state index in [1.54, 1.807) is 6.92 Å². The van der Waals surface area contributed by atoms with Crippen LogP contribution in [-0.2, 0) is 11.3 Å². The van der Waals surface area contributed by atoms with Crippen LogP contribution in [0.25, 0.3) is 0 Å². The predicted octanol–water partition coefficient (Wildman–Crippen LogP) is 4.31. The van der Waals surface area contributed by atoms with Crippen molar-refractivity contribution < 1.29 is 19.4 Å². The van der Waals surface area contributed by atoms with Crippen LogP contribution in [0.15, 0.2) is 24.4 Å². The average molecular weight is 499 g/mol. The van der Waals surface area contributed by atoms with Crippen LogP contribution in [0.5, 0.6) is 5.88 Å². The zero-order valence-corrected chi connectivity index (χ0v) is 21.5. The lowest BCUT2D eigenvalue weighted by atomic mass is 10.2. The largest absolute Gasteiger partial charge is 0.477 e. The Hall–Kier alpha value is -3.18. The van der Waals surface area contributed by atoms with E-state index in [-0.39, 0.29) is 35.9 Å².